The van der Waals surface area contributed by atoms with E-state index in [-0.39, 0.29) is 11.9 Å². The van der Waals surface area contributed by atoms with Crippen LogP contribution in [0, 0.1) is 0 Å². The first-order valence-corrected chi connectivity index (χ1v) is 8.02. The van der Waals surface area contributed by atoms with E-state index in [1.807, 2.05) is 48.0 Å². The Morgan fingerprint density at radius 2 is 1.70 bits per heavy atom. The molecule has 3 aromatic rings. The van der Waals surface area contributed by atoms with Crippen LogP contribution < -0.4 is 5.32 Å². The zero-order valence-corrected chi connectivity index (χ0v) is 13.8. The van der Waals surface area contributed by atoms with Crippen LogP contribution in [0.3, 0.4) is 0 Å². The minimum Gasteiger partial charge on any atom is -0.345 e. The molecule has 3 heteroatoms. The number of nitrogens with one attached hydrogen (secondary N) is 1. The first kappa shape index (κ1) is 15.3. The van der Waals surface area contributed by atoms with Crippen molar-refractivity contribution in [1.29, 1.82) is 0 Å². The molecule has 0 spiro atoms. The van der Waals surface area contributed by atoms with Crippen molar-refractivity contribution in [3.8, 4) is 0 Å². The number of rotatable bonds is 4. The molecule has 2 heterocycles. The fraction of sp³-hybridized carbons (Fsp3) is 0.250. The van der Waals surface area contributed by atoms with Gasteiger partial charge in [0, 0.05) is 17.9 Å². The highest BCUT2D eigenvalue weighted by molar-refractivity contribution is 5.95. The standard InChI is InChI=1S/C20H22N2O/c1-14(2)16-7-9-17(10-8-16)15(3)21-20(23)18-12-19-6-4-5-11-22(19)13-18/h4-15H,1-3H3,(H,21,23)/t15-/m0/s1. The van der Waals surface area contributed by atoms with Gasteiger partial charge in [-0.2, -0.15) is 0 Å². The molecule has 0 aliphatic heterocycles. The largest absolute Gasteiger partial charge is 0.345 e. The summed E-state index contributed by atoms with van der Waals surface area (Å²) in [6, 6.07) is 16.3. The number of benzene rings is 1. The van der Waals surface area contributed by atoms with Gasteiger partial charge in [0.15, 0.2) is 0 Å². The first-order chi connectivity index (χ1) is 11.0. The average molecular weight is 306 g/mol. The molecule has 1 aromatic carbocycles. The predicted octanol–water partition coefficient (Wildman–Crippen LogP) is 4.55. The van der Waals surface area contributed by atoms with Crippen LogP contribution in [0.4, 0.5) is 0 Å². The van der Waals surface area contributed by atoms with Crippen molar-refractivity contribution in [3.05, 3.63) is 77.6 Å². The Kier molecular flexibility index (Phi) is 4.20. The monoisotopic (exact) mass is 306 g/mol. The van der Waals surface area contributed by atoms with Crippen molar-refractivity contribution in [2.45, 2.75) is 32.7 Å². The maximum atomic E-state index is 12.4. The smallest absolute Gasteiger partial charge is 0.253 e. The normalized spacial score (nSPS) is 12.5. The molecule has 23 heavy (non-hydrogen) atoms. The van der Waals surface area contributed by atoms with E-state index in [1.54, 1.807) is 0 Å². The second-order valence-electron chi connectivity index (χ2n) is 6.28. The summed E-state index contributed by atoms with van der Waals surface area (Å²) >= 11 is 0. The van der Waals surface area contributed by atoms with Gasteiger partial charge in [0.25, 0.3) is 5.91 Å². The van der Waals surface area contributed by atoms with E-state index in [9.17, 15) is 4.79 Å². The van der Waals surface area contributed by atoms with E-state index in [4.69, 9.17) is 0 Å². The van der Waals surface area contributed by atoms with Gasteiger partial charge >= 0.3 is 0 Å². The van der Waals surface area contributed by atoms with Crippen LogP contribution in [0.25, 0.3) is 5.52 Å². The zero-order chi connectivity index (χ0) is 16.4. The van der Waals surface area contributed by atoms with E-state index in [1.165, 1.54) is 5.56 Å². The molecule has 1 atom stereocenters. The van der Waals surface area contributed by atoms with Gasteiger partial charge < -0.3 is 9.72 Å². The fourth-order valence-electron chi connectivity index (χ4n) is 2.71. The van der Waals surface area contributed by atoms with Crippen molar-refractivity contribution in [1.82, 2.24) is 9.72 Å². The van der Waals surface area contributed by atoms with E-state index in [0.29, 0.717) is 11.5 Å². The molecule has 2 aromatic heterocycles. The Labute approximate surface area is 137 Å². The van der Waals surface area contributed by atoms with Crippen LogP contribution in [0.1, 0.15) is 54.2 Å². The van der Waals surface area contributed by atoms with Gasteiger partial charge in [0.2, 0.25) is 0 Å². The Morgan fingerprint density at radius 3 is 2.35 bits per heavy atom. The van der Waals surface area contributed by atoms with E-state index >= 15 is 0 Å². The van der Waals surface area contributed by atoms with E-state index < -0.39 is 0 Å². The molecular weight excluding hydrogens is 284 g/mol. The first-order valence-electron chi connectivity index (χ1n) is 8.02. The summed E-state index contributed by atoms with van der Waals surface area (Å²) in [5.74, 6) is 0.469. The second-order valence-corrected chi connectivity index (χ2v) is 6.28. The molecule has 0 fully saturated rings. The van der Waals surface area contributed by atoms with Crippen LogP contribution in [0.2, 0.25) is 0 Å². The second kappa shape index (κ2) is 6.29. The van der Waals surface area contributed by atoms with Gasteiger partial charge in [0.05, 0.1) is 11.6 Å². The van der Waals surface area contributed by atoms with Crippen molar-refractivity contribution in [2.24, 2.45) is 0 Å². The molecule has 0 radical (unpaired) electrons. The molecular formula is C20H22N2O. The lowest BCUT2D eigenvalue weighted by atomic mass is 9.99. The average Bonchev–Trinajstić information content (AvgIpc) is 2.99. The summed E-state index contributed by atoms with van der Waals surface area (Å²) in [4.78, 5) is 12.4. The molecule has 1 N–H and O–H groups in total. The van der Waals surface area contributed by atoms with Crippen LogP contribution in [0.15, 0.2) is 60.9 Å². The minimum absolute atomic E-state index is 0.0216. The van der Waals surface area contributed by atoms with Crippen LogP contribution in [0.5, 0.6) is 0 Å². The highest BCUT2D eigenvalue weighted by Crippen LogP contribution is 2.19. The number of hydrogen-bond donors (Lipinski definition) is 1. The van der Waals surface area contributed by atoms with E-state index in [2.05, 4.69) is 43.4 Å². The number of carbonyl (C=O) groups is 1. The lowest BCUT2D eigenvalue weighted by molar-refractivity contribution is 0.0940. The molecule has 0 saturated heterocycles. The minimum atomic E-state index is -0.0471. The number of fused-ring (bicyclic) bond motifs is 1. The van der Waals surface area contributed by atoms with Crippen molar-refractivity contribution in [3.63, 3.8) is 0 Å². The molecule has 3 rings (SSSR count). The molecule has 0 saturated carbocycles. The zero-order valence-electron chi connectivity index (χ0n) is 13.8. The van der Waals surface area contributed by atoms with Crippen LogP contribution in [-0.2, 0) is 0 Å². The van der Waals surface area contributed by atoms with Gasteiger partial charge in [-0.1, -0.05) is 44.2 Å². The predicted molar refractivity (Wildman–Crippen MR) is 93.8 cm³/mol. The third-order valence-corrected chi connectivity index (χ3v) is 4.22. The van der Waals surface area contributed by atoms with Crippen molar-refractivity contribution in [2.75, 3.05) is 0 Å². The fourth-order valence-corrected chi connectivity index (χ4v) is 2.71. The number of carbonyl (C=O) groups excluding carboxylic acids is 1. The maximum Gasteiger partial charge on any atom is 0.253 e. The Bertz CT molecular complexity index is 782. The third-order valence-electron chi connectivity index (χ3n) is 4.22. The summed E-state index contributed by atoms with van der Waals surface area (Å²) in [5, 5.41) is 3.07. The number of hydrogen-bond acceptors (Lipinski definition) is 1. The summed E-state index contributed by atoms with van der Waals surface area (Å²) in [6.45, 7) is 6.37. The number of nitrogens with zero attached hydrogens (tertiary/aromatic N) is 1. The van der Waals surface area contributed by atoms with Crippen LogP contribution in [-0.4, -0.2) is 10.3 Å². The van der Waals surface area contributed by atoms with Crippen molar-refractivity contribution < 1.29 is 4.79 Å². The van der Waals surface area contributed by atoms with Crippen LogP contribution >= 0.6 is 0 Å². The molecule has 0 aliphatic rings. The van der Waals surface area contributed by atoms with Gasteiger partial charge in [-0.05, 0) is 42.2 Å². The highest BCUT2D eigenvalue weighted by Gasteiger charge is 2.13. The lowest BCUT2D eigenvalue weighted by Crippen LogP contribution is -2.26. The van der Waals surface area contributed by atoms with Gasteiger partial charge in [-0.3, -0.25) is 4.79 Å². The maximum absolute atomic E-state index is 12.4. The lowest BCUT2D eigenvalue weighted by Gasteiger charge is -2.15. The van der Waals surface area contributed by atoms with Gasteiger partial charge in [-0.15, -0.1) is 0 Å². The number of pyridine rings is 1. The molecule has 118 valence electrons. The van der Waals surface area contributed by atoms with Gasteiger partial charge in [-0.25, -0.2) is 0 Å². The summed E-state index contributed by atoms with van der Waals surface area (Å²) in [6.07, 6.45) is 3.80. The number of aromatic nitrogens is 1. The molecule has 0 bridgehead atoms. The summed E-state index contributed by atoms with van der Waals surface area (Å²) in [5.41, 5.74) is 4.13. The molecule has 0 unspecified atom stereocenters. The molecule has 0 aliphatic carbocycles. The molecule has 1 amide bonds. The topological polar surface area (TPSA) is 33.5 Å². The molecule has 3 nitrogen and oxygen atoms in total. The van der Waals surface area contributed by atoms with Gasteiger partial charge in [0.1, 0.15) is 0 Å². The number of amides is 1. The Hall–Kier alpha value is -2.55. The summed E-state index contributed by atoms with van der Waals surface area (Å²) in [7, 11) is 0. The third kappa shape index (κ3) is 3.29. The van der Waals surface area contributed by atoms with Crippen molar-refractivity contribution >= 4 is 11.4 Å². The summed E-state index contributed by atoms with van der Waals surface area (Å²) < 4.78 is 1.96. The quantitative estimate of drug-likeness (QED) is 0.753. The Balaban J connectivity index is 1.73. The Morgan fingerprint density at radius 1 is 1.00 bits per heavy atom. The van der Waals surface area contributed by atoms with E-state index in [0.717, 1.165) is 11.1 Å². The SMILES string of the molecule is CC(C)c1ccc([C@H](C)NC(=O)c2cc3ccccn3c2)cc1. The highest BCUT2D eigenvalue weighted by atomic mass is 16.1.